The van der Waals surface area contributed by atoms with E-state index in [0.717, 1.165) is 10.4 Å². The summed E-state index contributed by atoms with van der Waals surface area (Å²) in [6.07, 6.45) is 2.76. The lowest BCUT2D eigenvalue weighted by molar-refractivity contribution is -0.111. The second-order valence-corrected chi connectivity index (χ2v) is 8.03. The van der Waals surface area contributed by atoms with E-state index in [4.69, 9.17) is 10.5 Å². The molecule has 2 aromatic carbocycles. The highest BCUT2D eigenvalue weighted by atomic mass is 32.1. The van der Waals surface area contributed by atoms with Crippen molar-refractivity contribution in [3.05, 3.63) is 70.6 Å². The molecule has 0 aliphatic carbocycles. The van der Waals surface area contributed by atoms with Crippen LogP contribution in [0.25, 0.3) is 17.2 Å². The molecular weight excluding hydrogens is 450 g/mol. The monoisotopic (exact) mass is 472 g/mol. The van der Waals surface area contributed by atoms with Crippen molar-refractivity contribution < 1.29 is 27.8 Å². The molecule has 3 rings (SSSR count). The SMILES string of the molecule is CCOc1cc(/C=C/C(=O)Nc2sc(C)c(-c3ccccc3)c2C(N)=O)ccc1OC(F)F. The van der Waals surface area contributed by atoms with E-state index in [1.54, 1.807) is 6.92 Å². The van der Waals surface area contributed by atoms with Gasteiger partial charge in [0.05, 0.1) is 12.2 Å². The molecule has 0 saturated carbocycles. The Kier molecular flexibility index (Phi) is 7.78. The minimum absolute atomic E-state index is 0.0953. The third-order valence-electron chi connectivity index (χ3n) is 4.54. The normalized spacial score (nSPS) is 11.1. The molecule has 3 N–H and O–H groups in total. The van der Waals surface area contributed by atoms with Gasteiger partial charge in [-0.3, -0.25) is 9.59 Å². The van der Waals surface area contributed by atoms with Crippen LogP contribution in [0.5, 0.6) is 11.5 Å². The molecule has 6 nitrogen and oxygen atoms in total. The first-order valence-corrected chi connectivity index (χ1v) is 10.8. The Morgan fingerprint density at radius 3 is 2.52 bits per heavy atom. The Balaban J connectivity index is 1.83. The molecule has 9 heteroatoms. The van der Waals surface area contributed by atoms with Crippen LogP contribution in [0.15, 0.2) is 54.6 Å². The third-order valence-corrected chi connectivity index (χ3v) is 5.56. The summed E-state index contributed by atoms with van der Waals surface area (Å²) in [5, 5.41) is 3.06. The summed E-state index contributed by atoms with van der Waals surface area (Å²) in [7, 11) is 0. The number of nitrogens with one attached hydrogen (secondary N) is 1. The van der Waals surface area contributed by atoms with Crippen LogP contribution in [0, 0.1) is 6.92 Å². The molecule has 1 aromatic heterocycles. The lowest BCUT2D eigenvalue weighted by Gasteiger charge is -2.11. The van der Waals surface area contributed by atoms with Gasteiger partial charge in [-0.2, -0.15) is 8.78 Å². The van der Waals surface area contributed by atoms with Gasteiger partial charge in [-0.15, -0.1) is 11.3 Å². The maximum atomic E-state index is 12.6. The number of rotatable bonds is 9. The molecule has 2 amide bonds. The third kappa shape index (κ3) is 5.95. The summed E-state index contributed by atoms with van der Waals surface area (Å²) in [4.78, 5) is 25.6. The number of halogens is 2. The highest BCUT2D eigenvalue weighted by Gasteiger charge is 2.22. The fourth-order valence-corrected chi connectivity index (χ4v) is 4.32. The number of amides is 2. The summed E-state index contributed by atoms with van der Waals surface area (Å²) in [6, 6.07) is 13.7. The summed E-state index contributed by atoms with van der Waals surface area (Å²) in [6.45, 7) is 0.838. The number of aryl methyl sites for hydroxylation is 1. The standard InChI is InChI=1S/C24H22F2N2O4S/c1-3-31-18-13-15(9-11-17(18)32-24(25)26)10-12-19(29)28-23-21(22(27)30)20(14(2)33-23)16-7-5-4-6-8-16/h4-13,24H,3H2,1-2H3,(H2,27,30)(H,28,29)/b12-10+. The lowest BCUT2D eigenvalue weighted by atomic mass is 10.0. The maximum absolute atomic E-state index is 12.6. The van der Waals surface area contributed by atoms with Crippen LogP contribution in [0.3, 0.4) is 0 Å². The van der Waals surface area contributed by atoms with E-state index in [1.807, 2.05) is 37.3 Å². The predicted octanol–water partition coefficient (Wildman–Crippen LogP) is 5.47. The van der Waals surface area contributed by atoms with Crippen molar-refractivity contribution in [2.24, 2.45) is 5.73 Å². The molecule has 33 heavy (non-hydrogen) atoms. The molecular formula is C24H22F2N2O4S. The van der Waals surface area contributed by atoms with Crippen molar-refractivity contribution in [1.82, 2.24) is 0 Å². The van der Waals surface area contributed by atoms with Crippen LogP contribution < -0.4 is 20.5 Å². The number of nitrogens with two attached hydrogens (primary N) is 1. The van der Waals surface area contributed by atoms with E-state index < -0.39 is 18.4 Å². The van der Waals surface area contributed by atoms with Gasteiger partial charge in [-0.25, -0.2) is 0 Å². The number of benzene rings is 2. The van der Waals surface area contributed by atoms with Crippen LogP contribution >= 0.6 is 11.3 Å². The molecule has 0 aliphatic rings. The van der Waals surface area contributed by atoms with Gasteiger partial charge in [0.2, 0.25) is 5.91 Å². The molecule has 0 bridgehead atoms. The Labute approximate surface area is 193 Å². The van der Waals surface area contributed by atoms with Crippen molar-refractivity contribution in [3.63, 3.8) is 0 Å². The maximum Gasteiger partial charge on any atom is 0.387 e. The zero-order valence-electron chi connectivity index (χ0n) is 17.9. The Hall–Kier alpha value is -3.72. The number of carbonyl (C=O) groups excluding carboxylic acids is 2. The number of carbonyl (C=O) groups is 2. The quantitative estimate of drug-likeness (QED) is 0.404. The number of primary amides is 1. The van der Waals surface area contributed by atoms with Crippen molar-refractivity contribution in [2.75, 3.05) is 11.9 Å². The zero-order valence-corrected chi connectivity index (χ0v) is 18.7. The van der Waals surface area contributed by atoms with Crippen LogP contribution in [0.2, 0.25) is 0 Å². The molecule has 0 spiro atoms. The van der Waals surface area contributed by atoms with E-state index in [9.17, 15) is 18.4 Å². The molecule has 3 aromatic rings. The summed E-state index contributed by atoms with van der Waals surface area (Å²) >= 11 is 1.26. The zero-order chi connectivity index (χ0) is 24.0. The van der Waals surface area contributed by atoms with Gasteiger partial charge in [-0.05, 0) is 43.2 Å². The van der Waals surface area contributed by atoms with Gasteiger partial charge in [0.25, 0.3) is 5.91 Å². The molecule has 172 valence electrons. The number of ether oxygens (including phenoxy) is 2. The van der Waals surface area contributed by atoms with Gasteiger partial charge in [0.15, 0.2) is 11.5 Å². The topological polar surface area (TPSA) is 90.6 Å². The van der Waals surface area contributed by atoms with Crippen molar-refractivity contribution in [3.8, 4) is 22.6 Å². The van der Waals surface area contributed by atoms with E-state index in [0.29, 0.717) is 16.1 Å². The van der Waals surface area contributed by atoms with E-state index in [-0.39, 0.29) is 23.7 Å². The molecule has 0 aliphatic heterocycles. The smallest absolute Gasteiger partial charge is 0.387 e. The second-order valence-electron chi connectivity index (χ2n) is 6.81. The number of hydrogen-bond acceptors (Lipinski definition) is 5. The van der Waals surface area contributed by atoms with Gasteiger partial charge >= 0.3 is 6.61 Å². The van der Waals surface area contributed by atoms with Gasteiger partial charge in [0.1, 0.15) is 5.00 Å². The molecule has 0 radical (unpaired) electrons. The largest absolute Gasteiger partial charge is 0.490 e. The minimum atomic E-state index is -2.98. The lowest BCUT2D eigenvalue weighted by Crippen LogP contribution is -2.16. The number of thiophene rings is 1. The van der Waals surface area contributed by atoms with Gasteiger partial charge < -0.3 is 20.5 Å². The van der Waals surface area contributed by atoms with Gasteiger partial charge in [0, 0.05) is 16.5 Å². The first-order chi connectivity index (χ1) is 15.8. The summed E-state index contributed by atoms with van der Waals surface area (Å²) in [5.74, 6) is -1.09. The van der Waals surface area contributed by atoms with Crippen LogP contribution in [-0.2, 0) is 4.79 Å². The highest BCUT2D eigenvalue weighted by Crippen LogP contribution is 2.39. The average molecular weight is 473 g/mol. The highest BCUT2D eigenvalue weighted by molar-refractivity contribution is 7.17. The van der Waals surface area contributed by atoms with Crippen molar-refractivity contribution in [2.45, 2.75) is 20.5 Å². The molecule has 0 atom stereocenters. The van der Waals surface area contributed by atoms with Crippen LogP contribution in [0.1, 0.15) is 27.7 Å². The summed E-state index contributed by atoms with van der Waals surface area (Å²) in [5.41, 5.74) is 7.92. The summed E-state index contributed by atoms with van der Waals surface area (Å²) < 4.78 is 34.9. The number of hydrogen-bond donors (Lipinski definition) is 2. The average Bonchev–Trinajstić information content (AvgIpc) is 3.10. The molecule has 0 saturated heterocycles. The van der Waals surface area contributed by atoms with Crippen LogP contribution in [-0.4, -0.2) is 25.0 Å². The molecule has 0 unspecified atom stereocenters. The first kappa shape index (κ1) is 23.9. The van der Waals surface area contributed by atoms with E-state index in [1.165, 1.54) is 41.7 Å². The first-order valence-electron chi connectivity index (χ1n) is 9.99. The van der Waals surface area contributed by atoms with E-state index in [2.05, 4.69) is 10.1 Å². The van der Waals surface area contributed by atoms with Crippen molar-refractivity contribution >= 4 is 34.2 Å². The molecule has 0 fully saturated rings. The fourth-order valence-electron chi connectivity index (χ4n) is 3.24. The Morgan fingerprint density at radius 1 is 1.15 bits per heavy atom. The fraction of sp³-hybridized carbons (Fsp3) is 0.167. The van der Waals surface area contributed by atoms with E-state index >= 15 is 0 Å². The number of alkyl halides is 2. The number of anilines is 1. The Morgan fingerprint density at radius 2 is 1.88 bits per heavy atom. The van der Waals surface area contributed by atoms with Gasteiger partial charge in [-0.1, -0.05) is 36.4 Å². The second kappa shape index (κ2) is 10.7. The Bertz CT molecular complexity index is 1180. The predicted molar refractivity (Wildman–Crippen MR) is 125 cm³/mol. The van der Waals surface area contributed by atoms with Crippen LogP contribution in [0.4, 0.5) is 13.8 Å². The van der Waals surface area contributed by atoms with Crippen molar-refractivity contribution in [1.29, 1.82) is 0 Å². The molecule has 1 heterocycles. The minimum Gasteiger partial charge on any atom is -0.490 e.